The minimum atomic E-state index is -0.428. The Morgan fingerprint density at radius 1 is 1.00 bits per heavy atom. The molecule has 0 spiro atoms. The number of likely N-dealkylation sites (N-methyl/N-ethyl adjacent to an activating group) is 1. The third-order valence-corrected chi connectivity index (χ3v) is 5.32. The number of fused-ring (bicyclic) bond motifs is 2. The zero-order valence-electron chi connectivity index (χ0n) is 15.6. The SMILES string of the molecule is CC[N+](C)(CC)CCOC(=O)C1c2ccccc2Oc2ccccc21.[Br-]. The van der Waals surface area contributed by atoms with E-state index < -0.39 is 5.92 Å². The van der Waals surface area contributed by atoms with Crippen molar-refractivity contribution in [1.29, 1.82) is 0 Å². The predicted molar refractivity (Wildman–Crippen MR) is 97.9 cm³/mol. The first-order valence-corrected chi connectivity index (χ1v) is 8.94. The lowest BCUT2D eigenvalue weighted by atomic mass is 9.88. The van der Waals surface area contributed by atoms with Crippen LogP contribution in [0.2, 0.25) is 0 Å². The van der Waals surface area contributed by atoms with Gasteiger partial charge in [0.2, 0.25) is 0 Å². The second-order valence-corrected chi connectivity index (χ2v) is 6.75. The van der Waals surface area contributed by atoms with Gasteiger partial charge in [0.25, 0.3) is 0 Å². The van der Waals surface area contributed by atoms with Crippen molar-refractivity contribution in [2.24, 2.45) is 0 Å². The smallest absolute Gasteiger partial charge is 0.318 e. The van der Waals surface area contributed by atoms with E-state index in [4.69, 9.17) is 9.47 Å². The van der Waals surface area contributed by atoms with Gasteiger partial charge in [-0.1, -0.05) is 36.4 Å². The largest absolute Gasteiger partial charge is 1.00 e. The Bertz CT molecular complexity index is 713. The van der Waals surface area contributed by atoms with Gasteiger partial charge in [0.15, 0.2) is 0 Å². The van der Waals surface area contributed by atoms with Crippen molar-refractivity contribution >= 4 is 5.97 Å². The highest BCUT2D eigenvalue weighted by atomic mass is 79.9. The summed E-state index contributed by atoms with van der Waals surface area (Å²) in [5.74, 6) is 0.821. The maximum absolute atomic E-state index is 12.9. The normalized spacial score (nSPS) is 13.0. The lowest BCUT2D eigenvalue weighted by Crippen LogP contribution is -3.00. The summed E-state index contributed by atoms with van der Waals surface area (Å²) in [4.78, 5) is 12.9. The fourth-order valence-corrected chi connectivity index (χ4v) is 3.15. The second kappa shape index (κ2) is 8.69. The van der Waals surface area contributed by atoms with Gasteiger partial charge in [0.1, 0.15) is 30.6 Å². The molecule has 26 heavy (non-hydrogen) atoms. The molecule has 4 nitrogen and oxygen atoms in total. The van der Waals surface area contributed by atoms with Crippen molar-refractivity contribution in [3.8, 4) is 11.5 Å². The Labute approximate surface area is 166 Å². The Morgan fingerprint density at radius 2 is 1.50 bits per heavy atom. The number of benzene rings is 2. The molecule has 1 aliphatic heterocycles. The summed E-state index contributed by atoms with van der Waals surface area (Å²) < 4.78 is 12.5. The van der Waals surface area contributed by atoms with Crippen molar-refractivity contribution in [2.75, 3.05) is 33.3 Å². The lowest BCUT2D eigenvalue weighted by molar-refractivity contribution is -0.906. The van der Waals surface area contributed by atoms with Gasteiger partial charge in [-0.3, -0.25) is 4.79 Å². The number of ether oxygens (including phenoxy) is 2. The number of para-hydroxylation sites is 2. The highest BCUT2D eigenvalue weighted by molar-refractivity contribution is 5.85. The van der Waals surface area contributed by atoms with Crippen molar-refractivity contribution in [2.45, 2.75) is 19.8 Å². The van der Waals surface area contributed by atoms with Crippen LogP contribution in [0.5, 0.6) is 11.5 Å². The molecule has 0 N–H and O–H groups in total. The number of nitrogens with zero attached hydrogens (tertiary/aromatic N) is 1. The Hall–Kier alpha value is -1.85. The summed E-state index contributed by atoms with van der Waals surface area (Å²) in [5, 5.41) is 0. The zero-order chi connectivity index (χ0) is 17.9. The van der Waals surface area contributed by atoms with Gasteiger partial charge in [-0.05, 0) is 26.0 Å². The van der Waals surface area contributed by atoms with Crippen LogP contribution in [0.25, 0.3) is 0 Å². The van der Waals surface area contributed by atoms with Crippen molar-refractivity contribution < 1.29 is 35.7 Å². The fourth-order valence-electron chi connectivity index (χ4n) is 3.15. The molecule has 2 aromatic rings. The molecule has 1 aliphatic rings. The minimum absolute atomic E-state index is 0. The van der Waals surface area contributed by atoms with Crippen molar-refractivity contribution in [1.82, 2.24) is 0 Å². The standard InChI is InChI=1S/C21H26NO3.BrH/c1-4-22(3,5-2)14-15-24-21(23)20-16-10-6-8-12-18(16)25-19-13-9-7-11-17(19)20;/h6-13,20H,4-5,14-15H2,1-3H3;1H/q+1;/p-1. The van der Waals surface area contributed by atoms with E-state index >= 15 is 0 Å². The lowest BCUT2D eigenvalue weighted by Gasteiger charge is -2.32. The quantitative estimate of drug-likeness (QED) is 0.516. The van der Waals surface area contributed by atoms with Crippen LogP contribution in [0.3, 0.4) is 0 Å². The topological polar surface area (TPSA) is 35.5 Å². The summed E-state index contributed by atoms with van der Waals surface area (Å²) in [7, 11) is 2.19. The molecule has 3 rings (SSSR count). The third-order valence-electron chi connectivity index (χ3n) is 5.32. The summed E-state index contributed by atoms with van der Waals surface area (Å²) in [6.07, 6.45) is 0. The van der Waals surface area contributed by atoms with Crippen LogP contribution in [0.15, 0.2) is 48.5 Å². The van der Waals surface area contributed by atoms with Crippen LogP contribution in [-0.2, 0) is 9.53 Å². The van der Waals surface area contributed by atoms with Crippen molar-refractivity contribution in [3.63, 3.8) is 0 Å². The van der Waals surface area contributed by atoms with Gasteiger partial charge in [-0.25, -0.2) is 0 Å². The first-order valence-electron chi connectivity index (χ1n) is 8.94. The molecule has 0 saturated heterocycles. The molecule has 0 saturated carbocycles. The summed E-state index contributed by atoms with van der Waals surface area (Å²) >= 11 is 0. The number of halogens is 1. The fraction of sp³-hybridized carbons (Fsp3) is 0.381. The molecule has 5 heteroatoms. The number of carbonyl (C=O) groups excluding carboxylic acids is 1. The molecule has 0 amide bonds. The number of carbonyl (C=O) groups is 1. The molecule has 1 heterocycles. The van der Waals surface area contributed by atoms with Crippen LogP contribution < -0.4 is 21.7 Å². The van der Waals surface area contributed by atoms with Crippen LogP contribution in [0.1, 0.15) is 30.9 Å². The summed E-state index contributed by atoms with van der Waals surface area (Å²) in [6, 6.07) is 15.4. The first-order chi connectivity index (χ1) is 12.1. The number of hydrogen-bond acceptors (Lipinski definition) is 3. The first kappa shape index (κ1) is 20.5. The van der Waals surface area contributed by atoms with E-state index in [9.17, 15) is 4.79 Å². The van der Waals surface area contributed by atoms with E-state index in [0.717, 1.165) is 46.7 Å². The van der Waals surface area contributed by atoms with E-state index in [-0.39, 0.29) is 23.0 Å². The van der Waals surface area contributed by atoms with Gasteiger partial charge < -0.3 is 30.9 Å². The summed E-state index contributed by atoms with van der Waals surface area (Å²) in [5.41, 5.74) is 1.74. The molecular weight excluding hydrogens is 394 g/mol. The zero-order valence-corrected chi connectivity index (χ0v) is 17.2. The molecule has 0 unspecified atom stereocenters. The highest BCUT2D eigenvalue weighted by Crippen LogP contribution is 2.44. The van der Waals surface area contributed by atoms with Gasteiger partial charge in [0, 0.05) is 11.1 Å². The van der Waals surface area contributed by atoms with Gasteiger partial charge in [0.05, 0.1) is 20.1 Å². The molecule has 0 radical (unpaired) electrons. The maximum atomic E-state index is 12.9. The molecule has 0 aliphatic carbocycles. The molecular formula is C21H26BrNO3. The van der Waals surface area contributed by atoms with E-state index in [1.54, 1.807) is 0 Å². The second-order valence-electron chi connectivity index (χ2n) is 6.75. The number of hydrogen-bond donors (Lipinski definition) is 0. The van der Waals surface area contributed by atoms with Crippen LogP contribution in [-0.4, -0.2) is 43.7 Å². The van der Waals surface area contributed by atoms with E-state index in [1.165, 1.54) is 0 Å². The molecule has 140 valence electrons. The van der Waals surface area contributed by atoms with Gasteiger partial charge >= 0.3 is 5.97 Å². The molecule has 0 fully saturated rings. The molecule has 0 aromatic heterocycles. The monoisotopic (exact) mass is 419 g/mol. The Balaban J connectivity index is 0.00000243. The Kier molecular flexibility index (Phi) is 6.84. The van der Waals surface area contributed by atoms with E-state index in [0.29, 0.717) is 6.61 Å². The van der Waals surface area contributed by atoms with E-state index in [2.05, 4.69) is 20.9 Å². The number of quaternary nitrogens is 1. The third kappa shape index (κ3) is 4.10. The minimum Gasteiger partial charge on any atom is -1.00 e. The highest BCUT2D eigenvalue weighted by Gasteiger charge is 2.33. The average molecular weight is 420 g/mol. The van der Waals surface area contributed by atoms with Gasteiger partial charge in [-0.2, -0.15) is 0 Å². The number of rotatable bonds is 6. The van der Waals surface area contributed by atoms with Crippen LogP contribution in [0.4, 0.5) is 0 Å². The average Bonchev–Trinajstić information content (AvgIpc) is 2.65. The van der Waals surface area contributed by atoms with Crippen LogP contribution in [0, 0.1) is 0 Å². The maximum Gasteiger partial charge on any atom is 0.318 e. The molecule has 0 atom stereocenters. The van der Waals surface area contributed by atoms with Crippen molar-refractivity contribution in [3.05, 3.63) is 59.7 Å². The number of esters is 1. The predicted octanol–water partition coefficient (Wildman–Crippen LogP) is 0.958. The van der Waals surface area contributed by atoms with E-state index in [1.807, 2.05) is 48.5 Å². The Morgan fingerprint density at radius 3 is 2.00 bits per heavy atom. The summed E-state index contributed by atoms with van der Waals surface area (Å²) in [6.45, 7) is 7.63. The molecule has 2 aromatic carbocycles. The van der Waals surface area contributed by atoms with Gasteiger partial charge in [-0.15, -0.1) is 0 Å². The molecule has 0 bridgehead atoms. The van der Waals surface area contributed by atoms with Crippen LogP contribution >= 0.6 is 0 Å².